The molecule has 6 aromatic heterocycles. The average Bonchev–Trinajstić information content (AvgIpc) is 1.61. The highest BCUT2D eigenvalue weighted by atomic mass is 15.1. The molecule has 0 aliphatic heterocycles. The van der Waals surface area contributed by atoms with Crippen LogP contribution in [0.2, 0.25) is 0 Å². The van der Waals surface area contributed by atoms with Crippen LogP contribution in [-0.2, 0) is 0 Å². The van der Waals surface area contributed by atoms with E-state index >= 15 is 0 Å². The first-order chi connectivity index (χ1) is 67.4. The summed E-state index contributed by atoms with van der Waals surface area (Å²) in [6.07, 6.45) is 0. The molecule has 10 heteroatoms. The molecule has 0 radical (unpaired) electrons. The first-order valence-electron chi connectivity index (χ1n) is 46.0. The van der Waals surface area contributed by atoms with Crippen LogP contribution in [0.3, 0.4) is 0 Å². The molecule has 10 nitrogen and oxygen atoms in total. The predicted molar refractivity (Wildman–Crippen MR) is 562 cm³/mol. The number of hydrogen-bond donors (Lipinski definition) is 0. The van der Waals surface area contributed by atoms with Crippen LogP contribution >= 0.6 is 0 Å². The standard InChI is InChI=1S/C69H45N5.C57H37N5/c1-5-21-46(22-6-1)55-39-37-50(44-65(55)73-61-33-17-13-29-57(61)58-30-14-18-34-62(58)73)52-41-53(43-54(42-52)69-71-67(48-25-9-3-10-26-48)70-68(72-69)49-27-11-4-12-28-49)51-38-40-56(47-23-7-2-8-24-47)66(45-51)74-63-35-19-15-31-59(63)60-32-16-20-36-64(60)74;1-3-17-38(18-4-1)55-58-56(39-19-5-2-6-20-39)60-57(59-55)44-34-42(40-21-15-23-45(36-40)61-51-29-11-7-25-47(51)48-26-8-12-30-52(48)61)33-43(35-44)41-22-16-24-46(37-41)62-53-31-13-9-27-49(53)50-28-10-14-32-54(50)62/h1-45H;1-37H. The van der Waals surface area contributed by atoms with E-state index < -0.39 is 0 Å². The molecule has 0 unspecified atom stereocenters. The number of benzene rings is 20. The monoisotopic (exact) mass is 1730 g/mol. The van der Waals surface area contributed by atoms with E-state index in [0.29, 0.717) is 34.9 Å². The topological polar surface area (TPSA) is 97.1 Å². The summed E-state index contributed by atoms with van der Waals surface area (Å²) < 4.78 is 9.62. The van der Waals surface area contributed by atoms with Gasteiger partial charge in [-0.2, -0.15) is 0 Å². The Bertz CT molecular complexity index is 8370. The zero-order valence-electron chi connectivity index (χ0n) is 73.8. The third-order valence-corrected chi connectivity index (χ3v) is 26.3. The van der Waals surface area contributed by atoms with Crippen LogP contribution in [0.25, 0.3) is 245 Å². The maximum atomic E-state index is 5.30. The molecule has 26 rings (SSSR count). The van der Waals surface area contributed by atoms with Gasteiger partial charge in [0.15, 0.2) is 34.9 Å². The maximum Gasteiger partial charge on any atom is 0.164 e. The minimum Gasteiger partial charge on any atom is -0.309 e. The summed E-state index contributed by atoms with van der Waals surface area (Å²) in [4.78, 5) is 31.1. The summed E-state index contributed by atoms with van der Waals surface area (Å²) >= 11 is 0. The van der Waals surface area contributed by atoms with Crippen molar-refractivity contribution in [2.75, 3.05) is 0 Å². The average molecular weight is 1740 g/mol. The van der Waals surface area contributed by atoms with Crippen LogP contribution in [-0.4, -0.2) is 48.2 Å². The first kappa shape index (κ1) is 79.8. The van der Waals surface area contributed by atoms with Gasteiger partial charge in [-0.15, -0.1) is 0 Å². The quantitative estimate of drug-likeness (QED) is 0.0956. The molecule has 20 aromatic carbocycles. The van der Waals surface area contributed by atoms with Crippen molar-refractivity contribution in [1.29, 1.82) is 0 Å². The lowest BCUT2D eigenvalue weighted by Gasteiger charge is -2.18. The lowest BCUT2D eigenvalue weighted by Crippen LogP contribution is -2.01. The van der Waals surface area contributed by atoms with Gasteiger partial charge in [-0.1, -0.05) is 376 Å². The number of aromatic nitrogens is 10. The number of rotatable bonds is 16. The zero-order valence-corrected chi connectivity index (χ0v) is 73.8. The maximum absolute atomic E-state index is 5.30. The summed E-state index contributed by atoms with van der Waals surface area (Å²) in [5.74, 6) is 3.68. The number of nitrogens with zero attached hydrogens (tertiary/aromatic N) is 10. The predicted octanol–water partition coefficient (Wildman–Crippen LogP) is 32.1. The molecule has 136 heavy (non-hydrogen) atoms. The Balaban J connectivity index is 0.000000147. The van der Waals surface area contributed by atoms with Crippen molar-refractivity contribution >= 4 is 87.2 Å². The van der Waals surface area contributed by atoms with E-state index in [1.54, 1.807) is 0 Å². The van der Waals surface area contributed by atoms with E-state index in [2.05, 4.69) is 443 Å². The van der Waals surface area contributed by atoms with Gasteiger partial charge in [0.1, 0.15) is 0 Å². The van der Waals surface area contributed by atoms with Crippen molar-refractivity contribution in [3.8, 4) is 158 Å². The summed E-state index contributed by atoms with van der Waals surface area (Å²) in [5, 5.41) is 9.80. The van der Waals surface area contributed by atoms with Gasteiger partial charge in [-0.05, 0) is 177 Å². The van der Waals surface area contributed by atoms with Crippen LogP contribution < -0.4 is 0 Å². The second kappa shape index (κ2) is 34.2. The van der Waals surface area contributed by atoms with E-state index in [0.717, 1.165) is 145 Å². The molecule has 0 amide bonds. The van der Waals surface area contributed by atoms with Gasteiger partial charge < -0.3 is 18.3 Å². The number of fused-ring (bicyclic) bond motifs is 12. The molecule has 0 saturated carbocycles. The van der Waals surface area contributed by atoms with Gasteiger partial charge in [0.05, 0.1) is 55.5 Å². The summed E-state index contributed by atoms with van der Waals surface area (Å²) in [6.45, 7) is 0. The SMILES string of the molecule is c1ccc(-c2nc(-c3ccccc3)nc(-c3cc(-c4ccc(-c5ccccc5)c(-n5c6ccccc6c6ccccc65)c4)cc(-c4ccc(-c5ccccc5)c(-n5c6ccccc6c6ccccc65)c4)c3)n2)cc1.c1ccc(-c2nc(-c3ccccc3)nc(-c3cc(-c4cccc(-n5c6ccccc6c6ccccc65)c4)cc(-c4cccc(-n5c6ccccc6c6ccccc65)c4)c3)n2)cc1. The van der Waals surface area contributed by atoms with Gasteiger partial charge in [0.2, 0.25) is 0 Å². The summed E-state index contributed by atoms with van der Waals surface area (Å²) in [7, 11) is 0. The molecule has 0 saturated heterocycles. The van der Waals surface area contributed by atoms with Crippen LogP contribution in [0.5, 0.6) is 0 Å². The fourth-order valence-electron chi connectivity index (χ4n) is 20.0. The summed E-state index contributed by atoms with van der Waals surface area (Å²) in [6, 6.07) is 177. The Hall–Kier alpha value is -18.4. The fourth-order valence-corrected chi connectivity index (χ4v) is 20.0. The van der Waals surface area contributed by atoms with Crippen molar-refractivity contribution in [3.05, 3.63) is 497 Å². The Morgan fingerprint density at radius 3 is 0.559 bits per heavy atom. The number of para-hydroxylation sites is 8. The molecule has 0 N–H and O–H groups in total. The van der Waals surface area contributed by atoms with Gasteiger partial charge >= 0.3 is 0 Å². The second-order valence-electron chi connectivity index (χ2n) is 34.5. The lowest BCUT2D eigenvalue weighted by atomic mass is 9.92. The van der Waals surface area contributed by atoms with E-state index in [1.807, 2.05) is 72.8 Å². The molecule has 0 aliphatic carbocycles. The van der Waals surface area contributed by atoms with Crippen LogP contribution in [0.15, 0.2) is 497 Å². The fraction of sp³-hybridized carbons (Fsp3) is 0. The molecule has 6 heterocycles. The van der Waals surface area contributed by atoms with Crippen molar-refractivity contribution in [3.63, 3.8) is 0 Å². The third-order valence-electron chi connectivity index (χ3n) is 26.3. The largest absolute Gasteiger partial charge is 0.309 e. The molecular formula is C126H82N10. The molecule has 636 valence electrons. The van der Waals surface area contributed by atoms with Gasteiger partial charge in [-0.25, -0.2) is 29.9 Å². The van der Waals surface area contributed by atoms with E-state index in [4.69, 9.17) is 29.9 Å². The minimum absolute atomic E-state index is 0.591. The lowest BCUT2D eigenvalue weighted by molar-refractivity contribution is 1.07. The van der Waals surface area contributed by atoms with E-state index in [-0.39, 0.29) is 0 Å². The van der Waals surface area contributed by atoms with Crippen molar-refractivity contribution in [1.82, 2.24) is 48.2 Å². The Morgan fingerprint density at radius 1 is 0.118 bits per heavy atom. The van der Waals surface area contributed by atoms with Crippen LogP contribution in [0.1, 0.15) is 0 Å². The molecule has 26 aromatic rings. The van der Waals surface area contributed by atoms with Gasteiger partial charge in [0, 0.05) is 99.0 Å². The van der Waals surface area contributed by atoms with Crippen molar-refractivity contribution < 1.29 is 0 Å². The molecule has 0 atom stereocenters. The highest BCUT2D eigenvalue weighted by molar-refractivity contribution is 6.13. The van der Waals surface area contributed by atoms with Crippen LogP contribution in [0.4, 0.5) is 0 Å². The Labute approximate surface area is 785 Å². The minimum atomic E-state index is 0.591. The highest BCUT2D eigenvalue weighted by Crippen LogP contribution is 2.46. The van der Waals surface area contributed by atoms with Crippen molar-refractivity contribution in [2.24, 2.45) is 0 Å². The molecule has 0 spiro atoms. The van der Waals surface area contributed by atoms with Gasteiger partial charge in [-0.3, -0.25) is 0 Å². The van der Waals surface area contributed by atoms with E-state index in [9.17, 15) is 0 Å². The molecule has 0 bridgehead atoms. The zero-order chi connectivity index (χ0) is 89.9. The number of hydrogen-bond acceptors (Lipinski definition) is 6. The Kier molecular flexibility index (Phi) is 20.0. The normalized spacial score (nSPS) is 11.5. The van der Waals surface area contributed by atoms with Crippen molar-refractivity contribution in [2.45, 2.75) is 0 Å². The van der Waals surface area contributed by atoms with Crippen LogP contribution in [0, 0.1) is 0 Å². The van der Waals surface area contributed by atoms with E-state index in [1.165, 1.54) is 65.2 Å². The third kappa shape index (κ3) is 14.5. The second-order valence-corrected chi connectivity index (χ2v) is 34.5. The smallest absolute Gasteiger partial charge is 0.164 e. The molecular weight excluding hydrogens is 1650 g/mol. The highest BCUT2D eigenvalue weighted by Gasteiger charge is 2.25. The molecule has 0 fully saturated rings. The molecule has 0 aliphatic rings. The summed E-state index contributed by atoms with van der Waals surface area (Å²) in [5.41, 5.74) is 32.3. The Morgan fingerprint density at radius 2 is 0.309 bits per heavy atom. The van der Waals surface area contributed by atoms with Gasteiger partial charge in [0.25, 0.3) is 0 Å². The first-order valence-corrected chi connectivity index (χ1v) is 46.0.